The maximum Gasteiger partial charge on any atom is 0.255 e. The zero-order valence-corrected chi connectivity index (χ0v) is 12.5. The molecule has 0 radical (unpaired) electrons. The van der Waals surface area contributed by atoms with Gasteiger partial charge in [-0.05, 0) is 24.1 Å². The Morgan fingerprint density at radius 2 is 1.75 bits per heavy atom. The van der Waals surface area contributed by atoms with Crippen LogP contribution >= 0.6 is 15.9 Å². The molecule has 0 aliphatic rings. The quantitative estimate of drug-likeness (QED) is 0.826. The summed E-state index contributed by atoms with van der Waals surface area (Å²) >= 11 is 3.42. The largest absolute Gasteiger partial charge is 0.507 e. The lowest BCUT2D eigenvalue weighted by Crippen LogP contribution is -2.37. The molecule has 1 atom stereocenters. The van der Waals surface area contributed by atoms with Crippen LogP contribution in [0.25, 0.3) is 0 Å². The second-order valence-electron chi connectivity index (χ2n) is 4.53. The van der Waals surface area contributed by atoms with Crippen LogP contribution in [0, 0.1) is 0 Å². The number of phenolic OH excluding ortho intramolecular Hbond substituents is 1. The standard InChI is InChI=1S/C16H16BrNO2/c17-11-13(10-12-6-2-1-3-7-12)18-16(20)14-8-4-5-9-15(14)19/h1-9,13,19H,10-11H2,(H,18,20). The third-order valence-corrected chi connectivity index (χ3v) is 3.78. The van der Waals surface area contributed by atoms with E-state index >= 15 is 0 Å². The third kappa shape index (κ3) is 3.84. The number of aromatic hydroxyl groups is 1. The summed E-state index contributed by atoms with van der Waals surface area (Å²) in [7, 11) is 0. The Labute approximate surface area is 126 Å². The monoisotopic (exact) mass is 333 g/mol. The number of hydrogen-bond donors (Lipinski definition) is 2. The Kier molecular flexibility index (Phi) is 5.18. The van der Waals surface area contributed by atoms with Crippen molar-refractivity contribution >= 4 is 21.8 Å². The van der Waals surface area contributed by atoms with Crippen molar-refractivity contribution in [2.45, 2.75) is 12.5 Å². The molecule has 0 spiro atoms. The molecule has 0 fully saturated rings. The van der Waals surface area contributed by atoms with E-state index in [0.717, 1.165) is 12.0 Å². The second kappa shape index (κ2) is 7.10. The first-order valence-electron chi connectivity index (χ1n) is 6.39. The molecule has 1 unspecified atom stereocenters. The van der Waals surface area contributed by atoms with Gasteiger partial charge >= 0.3 is 0 Å². The molecule has 2 N–H and O–H groups in total. The molecular weight excluding hydrogens is 318 g/mol. The Hall–Kier alpha value is -1.81. The number of hydrogen-bond acceptors (Lipinski definition) is 2. The SMILES string of the molecule is O=C(NC(CBr)Cc1ccccc1)c1ccccc1O. The number of para-hydroxylation sites is 1. The van der Waals surface area contributed by atoms with E-state index in [9.17, 15) is 9.90 Å². The van der Waals surface area contributed by atoms with Crippen LogP contribution in [0.5, 0.6) is 5.75 Å². The van der Waals surface area contributed by atoms with E-state index in [-0.39, 0.29) is 17.7 Å². The molecule has 0 bridgehead atoms. The number of amides is 1. The van der Waals surface area contributed by atoms with Gasteiger partial charge in [0.25, 0.3) is 5.91 Å². The highest BCUT2D eigenvalue weighted by Gasteiger charge is 2.15. The second-order valence-corrected chi connectivity index (χ2v) is 5.18. The van der Waals surface area contributed by atoms with Crippen LogP contribution in [0.15, 0.2) is 54.6 Å². The molecule has 2 rings (SSSR count). The smallest absolute Gasteiger partial charge is 0.255 e. The number of rotatable bonds is 5. The number of alkyl halides is 1. The molecule has 0 saturated carbocycles. The molecule has 1 amide bonds. The van der Waals surface area contributed by atoms with Crippen molar-refractivity contribution in [3.05, 3.63) is 65.7 Å². The Morgan fingerprint density at radius 3 is 2.40 bits per heavy atom. The van der Waals surface area contributed by atoms with E-state index in [0.29, 0.717) is 10.9 Å². The first-order chi connectivity index (χ1) is 9.70. The molecular formula is C16H16BrNO2. The van der Waals surface area contributed by atoms with E-state index in [1.807, 2.05) is 30.3 Å². The fraction of sp³-hybridized carbons (Fsp3) is 0.188. The van der Waals surface area contributed by atoms with Crippen molar-refractivity contribution in [3.63, 3.8) is 0 Å². The Morgan fingerprint density at radius 1 is 1.10 bits per heavy atom. The van der Waals surface area contributed by atoms with E-state index < -0.39 is 0 Å². The van der Waals surface area contributed by atoms with Gasteiger partial charge in [0.2, 0.25) is 0 Å². The zero-order chi connectivity index (χ0) is 14.4. The summed E-state index contributed by atoms with van der Waals surface area (Å²) in [5.41, 5.74) is 1.46. The third-order valence-electron chi connectivity index (χ3n) is 3.00. The van der Waals surface area contributed by atoms with Crippen LogP contribution < -0.4 is 5.32 Å². The van der Waals surface area contributed by atoms with E-state index in [1.165, 1.54) is 6.07 Å². The molecule has 104 valence electrons. The first kappa shape index (κ1) is 14.6. The Bertz CT molecular complexity index is 572. The number of phenols is 1. The molecule has 0 saturated heterocycles. The van der Waals surface area contributed by atoms with E-state index in [2.05, 4.69) is 21.2 Å². The fourth-order valence-electron chi connectivity index (χ4n) is 1.97. The molecule has 0 heterocycles. The molecule has 0 aromatic heterocycles. The van der Waals surface area contributed by atoms with Crippen LogP contribution in [0.2, 0.25) is 0 Å². The van der Waals surface area contributed by atoms with Gasteiger partial charge in [0, 0.05) is 11.4 Å². The van der Waals surface area contributed by atoms with E-state index in [4.69, 9.17) is 0 Å². The average Bonchev–Trinajstić information content (AvgIpc) is 2.48. The summed E-state index contributed by atoms with van der Waals surface area (Å²) in [6.07, 6.45) is 0.741. The summed E-state index contributed by atoms with van der Waals surface area (Å²) in [6.45, 7) is 0. The number of carbonyl (C=O) groups excluding carboxylic acids is 1. The zero-order valence-electron chi connectivity index (χ0n) is 10.9. The summed E-state index contributed by atoms with van der Waals surface area (Å²) < 4.78 is 0. The van der Waals surface area contributed by atoms with Crippen molar-refractivity contribution in [3.8, 4) is 5.75 Å². The van der Waals surface area contributed by atoms with Crippen LogP contribution in [0.1, 0.15) is 15.9 Å². The highest BCUT2D eigenvalue weighted by atomic mass is 79.9. The Balaban J connectivity index is 2.03. The first-order valence-corrected chi connectivity index (χ1v) is 7.51. The maximum absolute atomic E-state index is 12.1. The number of nitrogens with one attached hydrogen (secondary N) is 1. The minimum absolute atomic E-state index is 0.00182. The van der Waals surface area contributed by atoms with Gasteiger partial charge < -0.3 is 10.4 Å². The van der Waals surface area contributed by atoms with Gasteiger partial charge in [-0.1, -0.05) is 58.4 Å². The van der Waals surface area contributed by atoms with Gasteiger partial charge in [0.05, 0.1) is 5.56 Å². The van der Waals surface area contributed by atoms with Crippen molar-refractivity contribution < 1.29 is 9.90 Å². The summed E-state index contributed by atoms with van der Waals surface area (Å²) in [5.74, 6) is -0.262. The minimum atomic E-state index is -0.261. The van der Waals surface area contributed by atoms with Gasteiger partial charge in [-0.15, -0.1) is 0 Å². The van der Waals surface area contributed by atoms with Gasteiger partial charge in [-0.25, -0.2) is 0 Å². The van der Waals surface area contributed by atoms with Crippen LogP contribution in [0.4, 0.5) is 0 Å². The molecule has 2 aromatic rings. The summed E-state index contributed by atoms with van der Waals surface area (Å²) in [5, 5.41) is 13.3. The van der Waals surface area contributed by atoms with Gasteiger partial charge in [0.1, 0.15) is 5.75 Å². The van der Waals surface area contributed by atoms with Crippen molar-refractivity contribution in [2.75, 3.05) is 5.33 Å². The van der Waals surface area contributed by atoms with Crippen LogP contribution in [0.3, 0.4) is 0 Å². The lowest BCUT2D eigenvalue weighted by atomic mass is 10.1. The predicted molar refractivity (Wildman–Crippen MR) is 83.3 cm³/mol. The van der Waals surface area contributed by atoms with Crippen molar-refractivity contribution in [1.29, 1.82) is 0 Å². The normalized spacial score (nSPS) is 11.8. The average molecular weight is 334 g/mol. The summed E-state index contributed by atoms with van der Waals surface area (Å²) in [4.78, 5) is 12.1. The van der Waals surface area contributed by atoms with Gasteiger partial charge in [-0.2, -0.15) is 0 Å². The molecule has 3 nitrogen and oxygen atoms in total. The lowest BCUT2D eigenvalue weighted by molar-refractivity contribution is 0.0938. The van der Waals surface area contributed by atoms with Crippen molar-refractivity contribution in [2.24, 2.45) is 0 Å². The highest BCUT2D eigenvalue weighted by Crippen LogP contribution is 2.16. The molecule has 20 heavy (non-hydrogen) atoms. The van der Waals surface area contributed by atoms with Gasteiger partial charge in [0.15, 0.2) is 0 Å². The topological polar surface area (TPSA) is 49.3 Å². The number of benzene rings is 2. The summed E-state index contributed by atoms with van der Waals surface area (Å²) in [6, 6.07) is 16.5. The van der Waals surface area contributed by atoms with Crippen LogP contribution in [-0.2, 0) is 6.42 Å². The lowest BCUT2D eigenvalue weighted by Gasteiger charge is -2.16. The number of carbonyl (C=O) groups is 1. The van der Waals surface area contributed by atoms with Gasteiger partial charge in [-0.3, -0.25) is 4.79 Å². The molecule has 4 heteroatoms. The van der Waals surface area contributed by atoms with Crippen LogP contribution in [-0.4, -0.2) is 22.4 Å². The van der Waals surface area contributed by atoms with E-state index in [1.54, 1.807) is 18.2 Å². The molecule has 2 aromatic carbocycles. The maximum atomic E-state index is 12.1. The minimum Gasteiger partial charge on any atom is -0.507 e. The van der Waals surface area contributed by atoms with Crippen molar-refractivity contribution in [1.82, 2.24) is 5.32 Å². The fourth-order valence-corrected chi connectivity index (χ4v) is 2.36. The molecule has 0 aliphatic carbocycles. The highest BCUT2D eigenvalue weighted by molar-refractivity contribution is 9.09. The number of halogens is 1. The predicted octanol–water partition coefficient (Wildman–Crippen LogP) is 3.13. The molecule has 0 aliphatic heterocycles.